The number of rotatable bonds is 5. The molecule has 0 spiro atoms. The lowest BCUT2D eigenvalue weighted by Gasteiger charge is -2.10. The van der Waals surface area contributed by atoms with Crippen LogP contribution in [0.5, 0.6) is 0 Å². The average Bonchev–Trinajstić information content (AvgIpc) is 2.51. The molecule has 108 valence electrons. The number of aromatic nitrogens is 1. The molecule has 0 saturated heterocycles. The highest BCUT2D eigenvalue weighted by Gasteiger charge is 2.08. The number of fused-ring (bicyclic) bond motifs is 2. The number of para-hydroxylation sites is 1. The Hall–Kier alpha value is -2.09. The number of anilines is 1. The van der Waals surface area contributed by atoms with Crippen LogP contribution < -0.4 is 5.73 Å². The molecule has 21 heavy (non-hydrogen) atoms. The minimum atomic E-state index is 0.877. The van der Waals surface area contributed by atoms with Crippen molar-refractivity contribution in [3.8, 4) is 0 Å². The second kappa shape index (κ2) is 6.13. The average molecular weight is 278 g/mol. The van der Waals surface area contributed by atoms with Crippen LogP contribution in [-0.2, 0) is 6.42 Å². The zero-order chi connectivity index (χ0) is 14.7. The molecule has 1 aromatic heterocycles. The third kappa shape index (κ3) is 2.85. The zero-order valence-electron chi connectivity index (χ0n) is 12.6. The number of hydrogen-bond acceptors (Lipinski definition) is 2. The zero-order valence-corrected chi connectivity index (χ0v) is 12.6. The Bertz CT molecular complexity index is 762. The highest BCUT2D eigenvalue weighted by atomic mass is 14.7. The van der Waals surface area contributed by atoms with Crippen LogP contribution in [0, 0.1) is 0 Å². The van der Waals surface area contributed by atoms with Crippen LogP contribution in [-0.4, -0.2) is 4.98 Å². The fourth-order valence-corrected chi connectivity index (χ4v) is 2.91. The van der Waals surface area contributed by atoms with Crippen LogP contribution in [0.4, 0.5) is 5.69 Å². The van der Waals surface area contributed by atoms with Gasteiger partial charge in [0, 0.05) is 22.0 Å². The maximum Gasteiger partial charge on any atom is 0.0762 e. The van der Waals surface area contributed by atoms with Crippen molar-refractivity contribution in [3.05, 3.63) is 48.0 Å². The Morgan fingerprint density at radius 1 is 0.952 bits per heavy atom. The lowest BCUT2D eigenvalue weighted by Crippen LogP contribution is -1.98. The van der Waals surface area contributed by atoms with Crippen molar-refractivity contribution in [3.63, 3.8) is 0 Å². The summed E-state index contributed by atoms with van der Waals surface area (Å²) in [7, 11) is 0. The lowest BCUT2D eigenvalue weighted by molar-refractivity contribution is 0.668. The number of hydrogen-bond donors (Lipinski definition) is 1. The summed E-state index contributed by atoms with van der Waals surface area (Å²) in [6.45, 7) is 2.24. The molecule has 3 rings (SSSR count). The summed E-state index contributed by atoms with van der Waals surface area (Å²) in [5.41, 5.74) is 10.4. The van der Waals surface area contributed by atoms with Gasteiger partial charge in [-0.1, -0.05) is 50.5 Å². The summed E-state index contributed by atoms with van der Waals surface area (Å²) >= 11 is 0. The number of nitrogens with zero attached hydrogens (tertiary/aromatic N) is 1. The van der Waals surface area contributed by atoms with Gasteiger partial charge in [-0.3, -0.25) is 0 Å². The van der Waals surface area contributed by atoms with Gasteiger partial charge in [-0.2, -0.15) is 0 Å². The van der Waals surface area contributed by atoms with E-state index in [1.165, 1.54) is 42.0 Å². The molecule has 2 heteroatoms. The Balaban J connectivity index is 2.04. The number of nitrogen functional groups attached to an aromatic ring is 1. The number of benzene rings is 2. The van der Waals surface area contributed by atoms with E-state index in [1.54, 1.807) is 0 Å². The number of pyridine rings is 1. The maximum atomic E-state index is 6.21. The summed E-state index contributed by atoms with van der Waals surface area (Å²) in [4.78, 5) is 4.86. The molecular weight excluding hydrogens is 256 g/mol. The standard InChI is InChI=1S/C19H22N2/c1-2-3-4-5-9-16-17(20)12-11-15-13-14-8-6-7-10-18(14)21-19(15)16/h6-8,10-13H,2-5,9,20H2,1H3. The minimum Gasteiger partial charge on any atom is -0.398 e. The second-order valence-electron chi connectivity index (χ2n) is 5.70. The van der Waals surface area contributed by atoms with Gasteiger partial charge in [0.25, 0.3) is 0 Å². The monoisotopic (exact) mass is 278 g/mol. The van der Waals surface area contributed by atoms with Gasteiger partial charge >= 0.3 is 0 Å². The molecule has 2 aromatic carbocycles. The Labute approximate surface area is 126 Å². The second-order valence-corrected chi connectivity index (χ2v) is 5.70. The lowest BCUT2D eigenvalue weighted by atomic mass is 10.00. The van der Waals surface area contributed by atoms with E-state index in [2.05, 4.69) is 37.3 Å². The van der Waals surface area contributed by atoms with Crippen molar-refractivity contribution >= 4 is 27.5 Å². The fourth-order valence-electron chi connectivity index (χ4n) is 2.91. The molecule has 0 amide bonds. The highest BCUT2D eigenvalue weighted by molar-refractivity contribution is 5.95. The van der Waals surface area contributed by atoms with Gasteiger partial charge in [0.2, 0.25) is 0 Å². The molecule has 0 saturated carbocycles. The molecule has 0 unspecified atom stereocenters. The normalized spacial score (nSPS) is 11.3. The summed E-state index contributed by atoms with van der Waals surface area (Å²) in [6, 6.07) is 14.6. The van der Waals surface area contributed by atoms with Crippen LogP contribution in [0.25, 0.3) is 21.8 Å². The number of aryl methyl sites for hydroxylation is 1. The molecule has 3 aromatic rings. The number of nitrogens with two attached hydrogens (primary N) is 1. The number of unbranched alkanes of at least 4 members (excludes halogenated alkanes) is 3. The summed E-state index contributed by atoms with van der Waals surface area (Å²) in [6.07, 6.45) is 6.02. The van der Waals surface area contributed by atoms with Crippen LogP contribution in [0.15, 0.2) is 42.5 Å². The highest BCUT2D eigenvalue weighted by Crippen LogP contribution is 2.27. The third-order valence-corrected chi connectivity index (χ3v) is 4.11. The fraction of sp³-hybridized carbons (Fsp3) is 0.316. The van der Waals surface area contributed by atoms with Gasteiger partial charge in [0.1, 0.15) is 0 Å². The van der Waals surface area contributed by atoms with E-state index in [0.717, 1.165) is 23.1 Å². The Morgan fingerprint density at radius 2 is 1.81 bits per heavy atom. The predicted molar refractivity (Wildman–Crippen MR) is 91.5 cm³/mol. The quantitative estimate of drug-likeness (QED) is 0.401. The molecule has 0 bridgehead atoms. The van der Waals surface area contributed by atoms with Crippen LogP contribution >= 0.6 is 0 Å². The minimum absolute atomic E-state index is 0.877. The summed E-state index contributed by atoms with van der Waals surface area (Å²) in [5, 5.41) is 2.38. The van der Waals surface area contributed by atoms with E-state index in [1.807, 2.05) is 12.1 Å². The molecule has 1 heterocycles. The van der Waals surface area contributed by atoms with Crippen molar-refractivity contribution in [1.29, 1.82) is 0 Å². The van der Waals surface area contributed by atoms with Crippen molar-refractivity contribution in [2.75, 3.05) is 5.73 Å². The van der Waals surface area contributed by atoms with E-state index >= 15 is 0 Å². The molecule has 0 aliphatic heterocycles. The molecule has 0 aliphatic carbocycles. The molecule has 0 radical (unpaired) electrons. The van der Waals surface area contributed by atoms with Gasteiger partial charge < -0.3 is 5.73 Å². The molecule has 2 N–H and O–H groups in total. The maximum absolute atomic E-state index is 6.21. The molecule has 0 fully saturated rings. The van der Waals surface area contributed by atoms with Crippen LogP contribution in [0.1, 0.15) is 38.2 Å². The van der Waals surface area contributed by atoms with Crippen molar-refractivity contribution < 1.29 is 0 Å². The SMILES string of the molecule is CCCCCCc1c(N)ccc2cc3ccccc3nc12. The van der Waals surface area contributed by atoms with Crippen molar-refractivity contribution in [1.82, 2.24) is 4.98 Å². The summed E-state index contributed by atoms with van der Waals surface area (Å²) in [5.74, 6) is 0. The first-order valence-electron chi connectivity index (χ1n) is 7.86. The van der Waals surface area contributed by atoms with Gasteiger partial charge in [-0.05, 0) is 31.0 Å². The first-order chi connectivity index (χ1) is 10.3. The smallest absolute Gasteiger partial charge is 0.0762 e. The molecule has 0 aliphatic rings. The Kier molecular flexibility index (Phi) is 4.05. The molecular formula is C19H22N2. The van der Waals surface area contributed by atoms with Gasteiger partial charge in [-0.15, -0.1) is 0 Å². The largest absolute Gasteiger partial charge is 0.398 e. The molecule has 0 atom stereocenters. The van der Waals surface area contributed by atoms with E-state index < -0.39 is 0 Å². The van der Waals surface area contributed by atoms with Crippen LogP contribution in [0.2, 0.25) is 0 Å². The van der Waals surface area contributed by atoms with Gasteiger partial charge in [-0.25, -0.2) is 4.98 Å². The van der Waals surface area contributed by atoms with Crippen molar-refractivity contribution in [2.45, 2.75) is 39.0 Å². The van der Waals surface area contributed by atoms with E-state index in [9.17, 15) is 0 Å². The van der Waals surface area contributed by atoms with E-state index in [-0.39, 0.29) is 0 Å². The Morgan fingerprint density at radius 3 is 2.67 bits per heavy atom. The first-order valence-corrected chi connectivity index (χ1v) is 7.86. The molecule has 2 nitrogen and oxygen atoms in total. The summed E-state index contributed by atoms with van der Waals surface area (Å²) < 4.78 is 0. The van der Waals surface area contributed by atoms with Gasteiger partial charge in [0.15, 0.2) is 0 Å². The first kappa shape index (κ1) is 13.9. The third-order valence-electron chi connectivity index (χ3n) is 4.11. The van der Waals surface area contributed by atoms with E-state index in [4.69, 9.17) is 10.7 Å². The van der Waals surface area contributed by atoms with E-state index in [0.29, 0.717) is 0 Å². The predicted octanol–water partition coefficient (Wildman–Crippen LogP) is 5.09. The van der Waals surface area contributed by atoms with Crippen LogP contribution in [0.3, 0.4) is 0 Å². The topological polar surface area (TPSA) is 38.9 Å². The van der Waals surface area contributed by atoms with Crippen molar-refractivity contribution in [2.24, 2.45) is 0 Å². The van der Waals surface area contributed by atoms with Gasteiger partial charge in [0.05, 0.1) is 11.0 Å².